The average Bonchev–Trinajstić information content (AvgIpc) is 2.29. The highest BCUT2D eigenvalue weighted by molar-refractivity contribution is 9.10. The van der Waals surface area contributed by atoms with E-state index in [1.165, 1.54) is 12.0 Å². The molecule has 90 valence electrons. The maximum Gasteiger partial charge on any atom is 0.123 e. The summed E-state index contributed by atoms with van der Waals surface area (Å²) in [6, 6.07) is 6.16. The van der Waals surface area contributed by atoms with Gasteiger partial charge in [0.2, 0.25) is 0 Å². The van der Waals surface area contributed by atoms with E-state index < -0.39 is 0 Å². The van der Waals surface area contributed by atoms with E-state index in [0.29, 0.717) is 0 Å². The highest BCUT2D eigenvalue weighted by Gasteiger charge is 2.08. The van der Waals surface area contributed by atoms with E-state index in [2.05, 4.69) is 40.7 Å². The van der Waals surface area contributed by atoms with Gasteiger partial charge >= 0.3 is 0 Å². The van der Waals surface area contributed by atoms with Gasteiger partial charge < -0.3 is 4.74 Å². The van der Waals surface area contributed by atoms with Crippen LogP contribution in [-0.2, 0) is 6.54 Å². The second-order valence-electron chi connectivity index (χ2n) is 3.82. The van der Waals surface area contributed by atoms with E-state index >= 15 is 0 Å². The first-order chi connectivity index (χ1) is 7.71. The lowest BCUT2D eigenvalue weighted by Gasteiger charge is -2.21. The fourth-order valence-corrected chi connectivity index (χ4v) is 2.19. The third kappa shape index (κ3) is 3.80. The van der Waals surface area contributed by atoms with Crippen molar-refractivity contribution in [3.05, 3.63) is 28.2 Å². The van der Waals surface area contributed by atoms with E-state index in [1.807, 2.05) is 12.1 Å². The first-order valence-electron chi connectivity index (χ1n) is 5.76. The molecule has 0 heterocycles. The smallest absolute Gasteiger partial charge is 0.123 e. The molecule has 16 heavy (non-hydrogen) atoms. The summed E-state index contributed by atoms with van der Waals surface area (Å²) >= 11 is 3.50. The molecule has 0 radical (unpaired) electrons. The van der Waals surface area contributed by atoms with Gasteiger partial charge in [-0.2, -0.15) is 0 Å². The fourth-order valence-electron chi connectivity index (χ4n) is 1.78. The Morgan fingerprint density at radius 3 is 2.62 bits per heavy atom. The van der Waals surface area contributed by atoms with Crippen molar-refractivity contribution in [2.24, 2.45) is 0 Å². The molecule has 1 rings (SSSR count). The summed E-state index contributed by atoms with van der Waals surface area (Å²) in [5.74, 6) is 0.970. The van der Waals surface area contributed by atoms with Crippen LogP contribution in [0.15, 0.2) is 22.7 Å². The number of nitrogens with zero attached hydrogens (tertiary/aromatic N) is 1. The van der Waals surface area contributed by atoms with Crippen molar-refractivity contribution in [3.8, 4) is 5.75 Å². The van der Waals surface area contributed by atoms with Gasteiger partial charge in [-0.25, -0.2) is 0 Å². The second-order valence-corrected chi connectivity index (χ2v) is 4.74. The SMILES string of the molecule is CCCN(CC)Cc1cc(Br)ccc1OC. The van der Waals surface area contributed by atoms with Crippen molar-refractivity contribution in [2.45, 2.75) is 26.8 Å². The minimum absolute atomic E-state index is 0.951. The number of ether oxygens (including phenoxy) is 1. The molecule has 3 heteroatoms. The maximum absolute atomic E-state index is 5.38. The van der Waals surface area contributed by atoms with Crippen LogP contribution in [0.5, 0.6) is 5.75 Å². The average molecular weight is 286 g/mol. The largest absolute Gasteiger partial charge is 0.496 e. The van der Waals surface area contributed by atoms with Crippen LogP contribution in [-0.4, -0.2) is 25.1 Å². The third-order valence-electron chi connectivity index (χ3n) is 2.62. The molecule has 0 aliphatic rings. The Morgan fingerprint density at radius 2 is 2.06 bits per heavy atom. The molecule has 0 amide bonds. The van der Waals surface area contributed by atoms with Gasteiger partial charge in [0.25, 0.3) is 0 Å². The van der Waals surface area contributed by atoms with Crippen molar-refractivity contribution in [1.82, 2.24) is 4.90 Å². The monoisotopic (exact) mass is 285 g/mol. The van der Waals surface area contributed by atoms with Crippen molar-refractivity contribution in [2.75, 3.05) is 20.2 Å². The van der Waals surface area contributed by atoms with Crippen molar-refractivity contribution >= 4 is 15.9 Å². The Balaban J connectivity index is 2.80. The van der Waals surface area contributed by atoms with Gasteiger partial charge in [-0.05, 0) is 37.7 Å². The standard InChI is InChI=1S/C13H20BrNO/c1-4-8-15(5-2)10-11-9-12(14)6-7-13(11)16-3/h6-7,9H,4-5,8,10H2,1-3H3. The molecule has 0 atom stereocenters. The minimum atomic E-state index is 0.951. The normalized spacial score (nSPS) is 10.8. The number of hydrogen-bond acceptors (Lipinski definition) is 2. The van der Waals surface area contributed by atoms with Crippen LogP contribution in [0, 0.1) is 0 Å². The zero-order valence-electron chi connectivity index (χ0n) is 10.3. The molecule has 0 saturated heterocycles. The lowest BCUT2D eigenvalue weighted by Crippen LogP contribution is -2.23. The van der Waals surface area contributed by atoms with Crippen molar-refractivity contribution in [3.63, 3.8) is 0 Å². The maximum atomic E-state index is 5.38. The summed E-state index contributed by atoms with van der Waals surface area (Å²) in [6.45, 7) is 7.56. The first kappa shape index (κ1) is 13.5. The molecule has 2 nitrogen and oxygen atoms in total. The molecule has 0 aliphatic carbocycles. The lowest BCUT2D eigenvalue weighted by atomic mass is 10.2. The molecule has 0 N–H and O–H groups in total. The summed E-state index contributed by atoms with van der Waals surface area (Å²) in [5.41, 5.74) is 1.24. The predicted molar refractivity (Wildman–Crippen MR) is 71.9 cm³/mol. The van der Waals surface area contributed by atoms with Gasteiger partial charge in [0.05, 0.1) is 7.11 Å². The minimum Gasteiger partial charge on any atom is -0.496 e. The molecule has 0 bridgehead atoms. The lowest BCUT2D eigenvalue weighted by molar-refractivity contribution is 0.275. The van der Waals surface area contributed by atoms with Gasteiger partial charge in [0.1, 0.15) is 5.75 Å². The molecule has 0 unspecified atom stereocenters. The molecule has 0 spiro atoms. The number of hydrogen-bond donors (Lipinski definition) is 0. The molecular weight excluding hydrogens is 266 g/mol. The van der Waals surface area contributed by atoms with Gasteiger partial charge in [-0.1, -0.05) is 29.8 Å². The zero-order valence-corrected chi connectivity index (χ0v) is 11.9. The fraction of sp³-hybridized carbons (Fsp3) is 0.538. The van der Waals surface area contributed by atoms with E-state index in [1.54, 1.807) is 7.11 Å². The first-order valence-corrected chi connectivity index (χ1v) is 6.55. The van der Waals surface area contributed by atoms with Crippen LogP contribution in [0.1, 0.15) is 25.8 Å². The third-order valence-corrected chi connectivity index (χ3v) is 3.12. The van der Waals surface area contributed by atoms with Gasteiger partial charge in [0, 0.05) is 16.6 Å². The van der Waals surface area contributed by atoms with Crippen LogP contribution in [0.25, 0.3) is 0 Å². The van der Waals surface area contributed by atoms with Crippen LogP contribution in [0.3, 0.4) is 0 Å². The Hall–Kier alpha value is -0.540. The summed E-state index contributed by atoms with van der Waals surface area (Å²) in [6.07, 6.45) is 1.18. The second kappa shape index (κ2) is 6.92. The highest BCUT2D eigenvalue weighted by Crippen LogP contribution is 2.24. The molecule has 1 aromatic rings. The van der Waals surface area contributed by atoms with E-state index in [0.717, 1.165) is 29.9 Å². The quantitative estimate of drug-likeness (QED) is 0.790. The van der Waals surface area contributed by atoms with Crippen LogP contribution in [0.2, 0.25) is 0 Å². The Kier molecular flexibility index (Phi) is 5.85. The van der Waals surface area contributed by atoms with Gasteiger partial charge in [0.15, 0.2) is 0 Å². The molecule has 1 aromatic carbocycles. The van der Waals surface area contributed by atoms with Gasteiger partial charge in [-0.3, -0.25) is 4.90 Å². The Morgan fingerprint density at radius 1 is 1.31 bits per heavy atom. The molecule has 0 aromatic heterocycles. The molecule has 0 aliphatic heterocycles. The van der Waals surface area contributed by atoms with Crippen molar-refractivity contribution < 1.29 is 4.74 Å². The van der Waals surface area contributed by atoms with E-state index in [-0.39, 0.29) is 0 Å². The summed E-state index contributed by atoms with van der Waals surface area (Å²) in [5, 5.41) is 0. The summed E-state index contributed by atoms with van der Waals surface area (Å²) in [7, 11) is 1.73. The van der Waals surface area contributed by atoms with Crippen molar-refractivity contribution in [1.29, 1.82) is 0 Å². The number of methoxy groups -OCH3 is 1. The van der Waals surface area contributed by atoms with Gasteiger partial charge in [-0.15, -0.1) is 0 Å². The summed E-state index contributed by atoms with van der Waals surface area (Å²) < 4.78 is 6.48. The zero-order chi connectivity index (χ0) is 12.0. The number of rotatable bonds is 6. The molecule has 0 saturated carbocycles. The van der Waals surface area contributed by atoms with Crippen LogP contribution < -0.4 is 4.74 Å². The summed E-state index contributed by atoms with van der Waals surface area (Å²) in [4.78, 5) is 2.42. The molecule has 0 fully saturated rings. The Bertz CT molecular complexity index is 328. The number of benzene rings is 1. The van der Waals surface area contributed by atoms with Crippen LogP contribution >= 0.6 is 15.9 Å². The Labute approximate surface area is 107 Å². The highest BCUT2D eigenvalue weighted by atomic mass is 79.9. The van der Waals surface area contributed by atoms with Crippen LogP contribution in [0.4, 0.5) is 0 Å². The number of halogens is 1. The topological polar surface area (TPSA) is 12.5 Å². The van der Waals surface area contributed by atoms with E-state index in [9.17, 15) is 0 Å². The molecular formula is C13H20BrNO. The predicted octanol–water partition coefficient (Wildman–Crippen LogP) is 3.69. The van der Waals surface area contributed by atoms with E-state index in [4.69, 9.17) is 4.74 Å².